The quantitative estimate of drug-likeness (QED) is 0.882. The molecule has 2 unspecified atom stereocenters. The summed E-state index contributed by atoms with van der Waals surface area (Å²) in [5, 5.41) is 19.0. The zero-order valence-electron chi connectivity index (χ0n) is 12.1. The molecule has 2 aromatic carbocycles. The number of aliphatic hydroxyl groups excluding tert-OH is 1. The van der Waals surface area contributed by atoms with E-state index in [9.17, 15) is 10.4 Å². The molecule has 0 bridgehead atoms. The van der Waals surface area contributed by atoms with Gasteiger partial charge in [-0.3, -0.25) is 0 Å². The maximum Gasteiger partial charge on any atom is 0.122 e. The lowest BCUT2D eigenvalue weighted by molar-refractivity contribution is 0.270. The molecule has 0 aliphatic heterocycles. The predicted molar refractivity (Wildman–Crippen MR) is 82.2 cm³/mol. The maximum absolute atomic E-state index is 9.63. The fraction of sp³-hybridized carbons (Fsp3) is 0.278. The van der Waals surface area contributed by atoms with Gasteiger partial charge in [0.25, 0.3) is 0 Å². The zero-order valence-corrected chi connectivity index (χ0v) is 12.1. The molecule has 21 heavy (non-hydrogen) atoms. The molecular weight excluding hydrogens is 262 g/mol. The van der Waals surface area contributed by atoms with Gasteiger partial charge in [0.2, 0.25) is 0 Å². The summed E-state index contributed by atoms with van der Waals surface area (Å²) in [6.45, 7) is 0.0354. The van der Waals surface area contributed by atoms with E-state index < -0.39 is 0 Å². The van der Waals surface area contributed by atoms with Crippen LogP contribution in [0.25, 0.3) is 0 Å². The van der Waals surface area contributed by atoms with Crippen molar-refractivity contribution in [2.24, 2.45) is 0 Å². The molecule has 0 aliphatic rings. The normalized spacial score (nSPS) is 13.2. The van der Waals surface area contributed by atoms with Crippen LogP contribution >= 0.6 is 0 Å². The van der Waals surface area contributed by atoms with Gasteiger partial charge in [-0.15, -0.1) is 0 Å². The fourth-order valence-electron chi connectivity index (χ4n) is 2.67. The van der Waals surface area contributed by atoms with Crippen LogP contribution in [0.15, 0.2) is 54.6 Å². The van der Waals surface area contributed by atoms with Crippen molar-refractivity contribution in [1.82, 2.24) is 0 Å². The van der Waals surface area contributed by atoms with Crippen LogP contribution in [0.1, 0.15) is 29.4 Å². The van der Waals surface area contributed by atoms with Gasteiger partial charge in [0.1, 0.15) is 5.75 Å². The third kappa shape index (κ3) is 3.42. The Morgan fingerprint density at radius 2 is 1.76 bits per heavy atom. The van der Waals surface area contributed by atoms with E-state index >= 15 is 0 Å². The number of nitriles is 1. The molecule has 0 radical (unpaired) electrons. The van der Waals surface area contributed by atoms with Gasteiger partial charge < -0.3 is 9.84 Å². The van der Waals surface area contributed by atoms with Gasteiger partial charge in [-0.05, 0) is 23.6 Å². The lowest BCUT2D eigenvalue weighted by Crippen LogP contribution is -2.13. The number of para-hydroxylation sites is 1. The van der Waals surface area contributed by atoms with Gasteiger partial charge in [0.15, 0.2) is 0 Å². The molecule has 0 spiro atoms. The number of nitrogens with zero attached hydrogens (tertiary/aromatic N) is 1. The minimum atomic E-state index is -0.311. The first kappa shape index (κ1) is 15.1. The van der Waals surface area contributed by atoms with Crippen LogP contribution in [0.5, 0.6) is 5.75 Å². The summed E-state index contributed by atoms with van der Waals surface area (Å²) >= 11 is 0. The first-order valence-electron chi connectivity index (χ1n) is 7.00. The summed E-state index contributed by atoms with van der Waals surface area (Å²) < 4.78 is 5.41. The summed E-state index contributed by atoms with van der Waals surface area (Å²) in [4.78, 5) is 0. The number of aliphatic hydroxyl groups is 1. The van der Waals surface area contributed by atoms with Crippen molar-refractivity contribution in [3.05, 3.63) is 65.7 Å². The van der Waals surface area contributed by atoms with Crippen molar-refractivity contribution in [2.75, 3.05) is 13.7 Å². The van der Waals surface area contributed by atoms with E-state index in [1.165, 1.54) is 0 Å². The van der Waals surface area contributed by atoms with Gasteiger partial charge in [0, 0.05) is 12.5 Å². The zero-order chi connectivity index (χ0) is 15.1. The Labute approximate surface area is 125 Å². The van der Waals surface area contributed by atoms with Crippen molar-refractivity contribution >= 4 is 0 Å². The number of hydrogen-bond donors (Lipinski definition) is 1. The minimum absolute atomic E-state index is 0.0354. The van der Waals surface area contributed by atoms with Crippen LogP contribution in [0.3, 0.4) is 0 Å². The molecule has 0 fully saturated rings. The highest BCUT2D eigenvalue weighted by atomic mass is 16.5. The van der Waals surface area contributed by atoms with Crippen molar-refractivity contribution in [3.63, 3.8) is 0 Å². The second-order valence-electron chi connectivity index (χ2n) is 4.88. The average molecular weight is 281 g/mol. The topological polar surface area (TPSA) is 53.2 Å². The average Bonchev–Trinajstić information content (AvgIpc) is 2.55. The van der Waals surface area contributed by atoms with Gasteiger partial charge in [-0.25, -0.2) is 0 Å². The van der Waals surface area contributed by atoms with Crippen LogP contribution in [0.2, 0.25) is 0 Å². The van der Waals surface area contributed by atoms with Crippen LogP contribution in [-0.4, -0.2) is 18.8 Å². The molecule has 0 aliphatic carbocycles. The molecule has 0 heterocycles. The summed E-state index contributed by atoms with van der Waals surface area (Å²) in [5.41, 5.74) is 1.92. The molecular formula is C18H19NO2. The molecule has 1 N–H and O–H groups in total. The third-order valence-electron chi connectivity index (χ3n) is 3.68. The van der Waals surface area contributed by atoms with E-state index in [2.05, 4.69) is 6.07 Å². The highest BCUT2D eigenvalue weighted by Gasteiger charge is 2.26. The Morgan fingerprint density at radius 1 is 1.10 bits per heavy atom. The monoisotopic (exact) mass is 281 g/mol. The van der Waals surface area contributed by atoms with Crippen molar-refractivity contribution in [2.45, 2.75) is 18.3 Å². The van der Waals surface area contributed by atoms with Gasteiger partial charge in [-0.1, -0.05) is 48.5 Å². The highest BCUT2D eigenvalue weighted by Crippen LogP contribution is 2.39. The summed E-state index contributed by atoms with van der Waals surface area (Å²) in [5.74, 6) is 0.348. The standard InChI is InChI=1S/C18H19NO2/c1-21-18-10-6-5-9-16(18)15(11-12-20)17(13-19)14-7-3-2-4-8-14/h2-10,15,17,20H,11-12H2,1H3. The fourth-order valence-corrected chi connectivity index (χ4v) is 2.67. The first-order chi connectivity index (χ1) is 10.3. The number of hydrogen-bond acceptors (Lipinski definition) is 3. The second kappa shape index (κ2) is 7.47. The van der Waals surface area contributed by atoms with Crippen LogP contribution in [0, 0.1) is 11.3 Å². The Bertz CT molecular complexity index is 604. The smallest absolute Gasteiger partial charge is 0.122 e. The number of benzene rings is 2. The summed E-state index contributed by atoms with van der Waals surface area (Å²) in [7, 11) is 1.62. The first-order valence-corrected chi connectivity index (χ1v) is 7.00. The van der Waals surface area contributed by atoms with E-state index in [1.807, 2.05) is 54.6 Å². The van der Waals surface area contributed by atoms with E-state index in [4.69, 9.17) is 4.74 Å². The van der Waals surface area contributed by atoms with Gasteiger partial charge in [0.05, 0.1) is 19.1 Å². The molecule has 0 aromatic heterocycles. The lowest BCUT2D eigenvalue weighted by Gasteiger charge is -2.24. The van der Waals surface area contributed by atoms with Crippen LogP contribution < -0.4 is 4.74 Å². The SMILES string of the molecule is COc1ccccc1C(CCO)C(C#N)c1ccccc1. The molecule has 0 amide bonds. The number of ether oxygens (including phenoxy) is 1. The van der Waals surface area contributed by atoms with Gasteiger partial charge >= 0.3 is 0 Å². The van der Waals surface area contributed by atoms with E-state index in [-0.39, 0.29) is 18.4 Å². The van der Waals surface area contributed by atoms with Crippen molar-refractivity contribution in [3.8, 4) is 11.8 Å². The Balaban J connectivity index is 2.44. The Hall–Kier alpha value is -2.31. The lowest BCUT2D eigenvalue weighted by atomic mass is 9.80. The number of rotatable bonds is 6. The Kier molecular flexibility index (Phi) is 5.36. The van der Waals surface area contributed by atoms with E-state index in [1.54, 1.807) is 7.11 Å². The third-order valence-corrected chi connectivity index (χ3v) is 3.68. The molecule has 0 saturated heterocycles. The minimum Gasteiger partial charge on any atom is -0.496 e. The molecule has 0 saturated carbocycles. The van der Waals surface area contributed by atoms with E-state index in [0.717, 1.165) is 16.9 Å². The maximum atomic E-state index is 9.63. The predicted octanol–water partition coefficient (Wildman–Crippen LogP) is 3.47. The summed E-state index contributed by atoms with van der Waals surface area (Å²) in [6, 6.07) is 19.8. The van der Waals surface area contributed by atoms with E-state index in [0.29, 0.717) is 6.42 Å². The molecule has 2 atom stereocenters. The summed E-state index contributed by atoms with van der Waals surface area (Å²) in [6.07, 6.45) is 0.521. The second-order valence-corrected chi connectivity index (χ2v) is 4.88. The molecule has 2 rings (SSSR count). The van der Waals surface area contributed by atoms with Crippen molar-refractivity contribution in [1.29, 1.82) is 5.26 Å². The highest BCUT2D eigenvalue weighted by molar-refractivity contribution is 5.41. The molecule has 108 valence electrons. The largest absolute Gasteiger partial charge is 0.496 e. The molecule has 3 heteroatoms. The van der Waals surface area contributed by atoms with Crippen LogP contribution in [0.4, 0.5) is 0 Å². The van der Waals surface area contributed by atoms with Crippen LogP contribution in [-0.2, 0) is 0 Å². The molecule has 3 nitrogen and oxygen atoms in total. The van der Waals surface area contributed by atoms with Crippen molar-refractivity contribution < 1.29 is 9.84 Å². The molecule has 2 aromatic rings. The Morgan fingerprint density at radius 3 is 2.38 bits per heavy atom. The van der Waals surface area contributed by atoms with Gasteiger partial charge in [-0.2, -0.15) is 5.26 Å². The number of methoxy groups -OCH3 is 1.